The molecule has 7 nitrogen and oxygen atoms in total. The van der Waals surface area contributed by atoms with Crippen LogP contribution in [0.5, 0.6) is 0 Å². The van der Waals surface area contributed by atoms with Gasteiger partial charge in [-0.2, -0.15) is 0 Å². The molecule has 0 spiro atoms. The van der Waals surface area contributed by atoms with Gasteiger partial charge in [0.25, 0.3) is 0 Å². The number of aromatic nitrogens is 2. The van der Waals surface area contributed by atoms with Crippen LogP contribution >= 0.6 is 0 Å². The molecule has 3 heterocycles. The Bertz CT molecular complexity index is 883. The SMILES string of the molecule is CN1CC(C(=O)N2CCN(c3ncnc(-c4ccccc4)c3F)CC2)CC1=O. The van der Waals surface area contributed by atoms with Crippen molar-refractivity contribution < 1.29 is 14.0 Å². The predicted molar refractivity (Wildman–Crippen MR) is 102 cm³/mol. The molecule has 0 saturated carbocycles. The quantitative estimate of drug-likeness (QED) is 0.802. The standard InChI is InChI=1S/C20H22FN5O2/c1-24-12-15(11-16(24)27)20(28)26-9-7-25(8-10-26)19-17(21)18(22-13-23-19)14-5-3-2-4-6-14/h2-6,13,15H,7-12H2,1H3. The maximum absolute atomic E-state index is 15.0. The van der Waals surface area contributed by atoms with E-state index in [1.807, 2.05) is 35.2 Å². The van der Waals surface area contributed by atoms with Crippen LogP contribution in [0.2, 0.25) is 0 Å². The minimum atomic E-state index is -0.448. The summed E-state index contributed by atoms with van der Waals surface area (Å²) >= 11 is 0. The fraction of sp³-hybridized carbons (Fsp3) is 0.400. The third kappa shape index (κ3) is 3.42. The first-order valence-electron chi connectivity index (χ1n) is 9.38. The molecule has 8 heteroatoms. The van der Waals surface area contributed by atoms with Crippen LogP contribution in [-0.4, -0.2) is 71.4 Å². The number of carbonyl (C=O) groups excluding carboxylic acids is 2. The number of likely N-dealkylation sites (tertiary alicyclic amines) is 1. The van der Waals surface area contributed by atoms with Crippen LogP contribution in [-0.2, 0) is 9.59 Å². The summed E-state index contributed by atoms with van der Waals surface area (Å²) in [5.41, 5.74) is 0.976. The summed E-state index contributed by atoms with van der Waals surface area (Å²) in [4.78, 5) is 37.8. The Morgan fingerprint density at radius 3 is 2.46 bits per heavy atom. The topological polar surface area (TPSA) is 69.6 Å². The smallest absolute Gasteiger partial charge is 0.228 e. The fourth-order valence-electron chi connectivity index (χ4n) is 3.80. The van der Waals surface area contributed by atoms with Crippen LogP contribution in [0.25, 0.3) is 11.3 Å². The van der Waals surface area contributed by atoms with E-state index in [9.17, 15) is 9.59 Å². The number of amides is 2. The average molecular weight is 383 g/mol. The monoisotopic (exact) mass is 383 g/mol. The molecule has 28 heavy (non-hydrogen) atoms. The van der Waals surface area contributed by atoms with E-state index in [-0.39, 0.29) is 35.7 Å². The Labute approximate surface area is 162 Å². The number of halogens is 1. The van der Waals surface area contributed by atoms with E-state index in [1.54, 1.807) is 16.8 Å². The van der Waals surface area contributed by atoms with Crippen molar-refractivity contribution >= 4 is 17.6 Å². The predicted octanol–water partition coefficient (Wildman–Crippen LogP) is 1.41. The summed E-state index contributed by atoms with van der Waals surface area (Å²) in [6.07, 6.45) is 1.65. The molecular weight excluding hydrogens is 361 g/mol. The molecule has 0 radical (unpaired) electrons. The molecule has 0 bridgehead atoms. The molecule has 4 rings (SSSR count). The van der Waals surface area contributed by atoms with E-state index >= 15 is 4.39 Å². The van der Waals surface area contributed by atoms with Crippen molar-refractivity contribution in [2.24, 2.45) is 5.92 Å². The highest BCUT2D eigenvalue weighted by Gasteiger charge is 2.36. The number of benzene rings is 1. The summed E-state index contributed by atoms with van der Waals surface area (Å²) in [6, 6.07) is 9.17. The van der Waals surface area contributed by atoms with E-state index < -0.39 is 5.82 Å². The molecule has 1 unspecified atom stereocenters. The van der Waals surface area contributed by atoms with Crippen molar-refractivity contribution in [3.63, 3.8) is 0 Å². The minimum Gasteiger partial charge on any atom is -0.351 e. The van der Waals surface area contributed by atoms with E-state index in [1.165, 1.54) is 6.33 Å². The number of hydrogen-bond acceptors (Lipinski definition) is 5. The van der Waals surface area contributed by atoms with Gasteiger partial charge in [-0.1, -0.05) is 30.3 Å². The molecule has 0 aliphatic carbocycles. The molecule has 2 saturated heterocycles. The maximum atomic E-state index is 15.0. The third-order valence-electron chi connectivity index (χ3n) is 5.40. The van der Waals surface area contributed by atoms with Crippen LogP contribution in [0.15, 0.2) is 36.7 Å². The second-order valence-electron chi connectivity index (χ2n) is 7.21. The fourth-order valence-corrected chi connectivity index (χ4v) is 3.80. The van der Waals surface area contributed by atoms with Crippen molar-refractivity contribution in [3.8, 4) is 11.3 Å². The number of hydrogen-bond donors (Lipinski definition) is 0. The number of rotatable bonds is 3. The van der Waals surface area contributed by atoms with Gasteiger partial charge in [0.2, 0.25) is 11.8 Å². The number of anilines is 1. The summed E-state index contributed by atoms with van der Waals surface area (Å²) in [5, 5.41) is 0. The van der Waals surface area contributed by atoms with Gasteiger partial charge in [0.1, 0.15) is 12.0 Å². The molecule has 2 amide bonds. The van der Waals surface area contributed by atoms with E-state index in [4.69, 9.17) is 0 Å². The van der Waals surface area contributed by atoms with Crippen LogP contribution in [0, 0.1) is 11.7 Å². The Kier molecular flexibility index (Phi) is 4.93. The molecule has 2 aliphatic heterocycles. The molecular formula is C20H22FN5O2. The molecule has 2 aliphatic rings. The first-order valence-corrected chi connectivity index (χ1v) is 9.38. The van der Waals surface area contributed by atoms with Crippen molar-refractivity contribution in [1.82, 2.24) is 19.8 Å². The Morgan fingerprint density at radius 2 is 1.82 bits per heavy atom. The van der Waals surface area contributed by atoms with Gasteiger partial charge < -0.3 is 14.7 Å². The summed E-state index contributed by atoms with van der Waals surface area (Å²) in [6.45, 7) is 2.42. The van der Waals surface area contributed by atoms with E-state index in [0.717, 1.165) is 0 Å². The lowest BCUT2D eigenvalue weighted by molar-refractivity contribution is -0.136. The summed E-state index contributed by atoms with van der Waals surface area (Å²) in [7, 11) is 1.72. The van der Waals surface area contributed by atoms with Gasteiger partial charge in [0.05, 0.1) is 5.92 Å². The van der Waals surface area contributed by atoms with Gasteiger partial charge in [-0.05, 0) is 0 Å². The van der Waals surface area contributed by atoms with Crippen molar-refractivity contribution in [2.75, 3.05) is 44.7 Å². The number of nitrogens with zero attached hydrogens (tertiary/aromatic N) is 5. The number of piperazine rings is 1. The molecule has 1 aromatic carbocycles. The first-order chi connectivity index (χ1) is 13.5. The zero-order valence-electron chi connectivity index (χ0n) is 15.7. The van der Waals surface area contributed by atoms with Crippen LogP contribution in [0.4, 0.5) is 10.2 Å². The van der Waals surface area contributed by atoms with Crippen molar-refractivity contribution in [2.45, 2.75) is 6.42 Å². The maximum Gasteiger partial charge on any atom is 0.228 e. The first kappa shape index (κ1) is 18.3. The van der Waals surface area contributed by atoms with Gasteiger partial charge in [-0.25, -0.2) is 14.4 Å². The summed E-state index contributed by atoms with van der Waals surface area (Å²) in [5.74, 6) is -0.447. The van der Waals surface area contributed by atoms with Gasteiger partial charge in [-0.3, -0.25) is 9.59 Å². The highest BCUT2D eigenvalue weighted by Crippen LogP contribution is 2.27. The van der Waals surface area contributed by atoms with Gasteiger partial charge in [-0.15, -0.1) is 0 Å². The van der Waals surface area contributed by atoms with Gasteiger partial charge >= 0.3 is 0 Å². The lowest BCUT2D eigenvalue weighted by atomic mass is 10.1. The average Bonchev–Trinajstić information content (AvgIpc) is 3.07. The van der Waals surface area contributed by atoms with Crippen LogP contribution < -0.4 is 4.90 Å². The Hall–Kier alpha value is -3.03. The molecule has 146 valence electrons. The second-order valence-corrected chi connectivity index (χ2v) is 7.21. The minimum absolute atomic E-state index is 0.00508. The van der Waals surface area contributed by atoms with Gasteiger partial charge in [0, 0.05) is 51.8 Å². The zero-order chi connectivity index (χ0) is 19.7. The Balaban J connectivity index is 1.44. The van der Waals surface area contributed by atoms with Crippen LogP contribution in [0.1, 0.15) is 6.42 Å². The van der Waals surface area contributed by atoms with Crippen molar-refractivity contribution in [1.29, 1.82) is 0 Å². The second kappa shape index (κ2) is 7.53. The molecule has 2 fully saturated rings. The van der Waals surface area contributed by atoms with Crippen molar-refractivity contribution in [3.05, 3.63) is 42.5 Å². The molecule has 1 atom stereocenters. The highest BCUT2D eigenvalue weighted by molar-refractivity contribution is 5.89. The third-order valence-corrected chi connectivity index (χ3v) is 5.40. The lowest BCUT2D eigenvalue weighted by Crippen LogP contribution is -2.51. The van der Waals surface area contributed by atoms with E-state index in [2.05, 4.69) is 9.97 Å². The van der Waals surface area contributed by atoms with Crippen LogP contribution in [0.3, 0.4) is 0 Å². The zero-order valence-corrected chi connectivity index (χ0v) is 15.7. The molecule has 0 N–H and O–H groups in total. The highest BCUT2D eigenvalue weighted by atomic mass is 19.1. The van der Waals surface area contributed by atoms with Gasteiger partial charge in [0.15, 0.2) is 11.6 Å². The van der Waals surface area contributed by atoms with E-state index in [0.29, 0.717) is 38.3 Å². The number of carbonyl (C=O) groups is 2. The normalized spacial score (nSPS) is 20.0. The summed E-state index contributed by atoms with van der Waals surface area (Å²) < 4.78 is 15.0. The largest absolute Gasteiger partial charge is 0.351 e. The molecule has 2 aromatic rings. The lowest BCUT2D eigenvalue weighted by Gasteiger charge is -2.36. The Morgan fingerprint density at radius 1 is 1.11 bits per heavy atom. The molecule has 1 aromatic heterocycles.